The Balaban J connectivity index is 2.22. The fourth-order valence-corrected chi connectivity index (χ4v) is 5.66. The summed E-state index contributed by atoms with van der Waals surface area (Å²) in [5.41, 5.74) is 1.29. The molecule has 2 aromatic carbocycles. The molecule has 1 atom stereocenters. The number of benzene rings is 2. The lowest BCUT2D eigenvalue weighted by Crippen LogP contribution is -2.14. The summed E-state index contributed by atoms with van der Waals surface area (Å²) in [6, 6.07) is 15.2. The minimum atomic E-state index is -3.75. The van der Waals surface area contributed by atoms with Crippen LogP contribution in [0.1, 0.15) is 21.3 Å². The summed E-state index contributed by atoms with van der Waals surface area (Å²) >= 11 is 1.34. The molecule has 1 N–H and O–H groups in total. The Morgan fingerprint density at radius 3 is 2.36 bits per heavy atom. The minimum Gasteiger partial charge on any atom is -0.504 e. The van der Waals surface area contributed by atoms with Gasteiger partial charge in [0.15, 0.2) is 21.3 Å². The highest BCUT2D eigenvalue weighted by atomic mass is 32.2. The van der Waals surface area contributed by atoms with Crippen LogP contribution in [0.5, 0.6) is 11.5 Å². The third-order valence-corrected chi connectivity index (χ3v) is 7.14. The van der Waals surface area contributed by atoms with Crippen LogP contribution in [0.15, 0.2) is 64.9 Å². The molecule has 0 bridgehead atoms. The number of hydrogen-bond acceptors (Lipinski definition) is 5. The number of phenolic OH excluding ortho intramolecular Hbond substituents is 1. The summed E-state index contributed by atoms with van der Waals surface area (Å²) < 4.78 is 31.8. The molecule has 0 radical (unpaired) electrons. The maximum absolute atomic E-state index is 13.3. The number of para-hydroxylation sites is 1. The number of hydrogen-bond donors (Lipinski definition) is 1. The van der Waals surface area contributed by atoms with Crippen molar-refractivity contribution >= 4 is 21.2 Å². The molecule has 3 aromatic rings. The van der Waals surface area contributed by atoms with E-state index in [0.29, 0.717) is 10.4 Å². The first kappa shape index (κ1) is 17.5. The number of aromatic hydroxyl groups is 1. The zero-order valence-corrected chi connectivity index (χ0v) is 15.5. The van der Waals surface area contributed by atoms with E-state index < -0.39 is 15.1 Å². The number of sulfone groups is 1. The molecule has 25 heavy (non-hydrogen) atoms. The zero-order chi connectivity index (χ0) is 18.0. The van der Waals surface area contributed by atoms with Crippen molar-refractivity contribution in [3.8, 4) is 11.5 Å². The first-order valence-corrected chi connectivity index (χ1v) is 10.1. The van der Waals surface area contributed by atoms with E-state index in [0.717, 1.165) is 5.56 Å². The van der Waals surface area contributed by atoms with Gasteiger partial charge in [0.25, 0.3) is 0 Å². The molecule has 6 heteroatoms. The van der Waals surface area contributed by atoms with Crippen LogP contribution in [0.2, 0.25) is 0 Å². The van der Waals surface area contributed by atoms with Gasteiger partial charge in [0.2, 0.25) is 0 Å². The molecule has 3 rings (SSSR count). The lowest BCUT2D eigenvalue weighted by atomic mass is 10.1. The molecule has 1 aromatic heterocycles. The summed E-state index contributed by atoms with van der Waals surface area (Å²) in [6.07, 6.45) is 0. The number of thiophene rings is 1. The molecular formula is C19H18O4S2. The first-order chi connectivity index (χ1) is 11.9. The Kier molecular flexibility index (Phi) is 4.83. The summed E-state index contributed by atoms with van der Waals surface area (Å²) in [4.78, 5) is 0.864. The van der Waals surface area contributed by atoms with Gasteiger partial charge < -0.3 is 9.84 Å². The van der Waals surface area contributed by atoms with Gasteiger partial charge in [-0.15, -0.1) is 11.3 Å². The molecule has 1 heterocycles. The fraction of sp³-hybridized carbons (Fsp3) is 0.158. The minimum absolute atomic E-state index is 0.154. The number of ether oxygens (including phenoxy) is 1. The topological polar surface area (TPSA) is 63.6 Å². The number of phenols is 1. The molecule has 0 aliphatic carbocycles. The van der Waals surface area contributed by atoms with E-state index in [1.54, 1.807) is 54.6 Å². The Labute approximate surface area is 151 Å². The highest BCUT2D eigenvalue weighted by Gasteiger charge is 2.34. The molecule has 0 saturated carbocycles. The van der Waals surface area contributed by atoms with Gasteiger partial charge in [-0.1, -0.05) is 35.9 Å². The van der Waals surface area contributed by atoms with Crippen LogP contribution < -0.4 is 4.74 Å². The Bertz CT molecular complexity index is 959. The van der Waals surface area contributed by atoms with E-state index in [1.165, 1.54) is 18.4 Å². The van der Waals surface area contributed by atoms with Crippen LogP contribution in [0.4, 0.5) is 0 Å². The highest BCUT2D eigenvalue weighted by Crippen LogP contribution is 2.43. The SMILES string of the molecule is COc1cccc(C(c2cccs2)S(=O)(=O)c2ccc(C)cc2)c1O. The Hall–Kier alpha value is -2.31. The van der Waals surface area contributed by atoms with Crippen LogP contribution in [-0.4, -0.2) is 20.6 Å². The molecule has 1 unspecified atom stereocenters. The van der Waals surface area contributed by atoms with E-state index in [4.69, 9.17) is 4.74 Å². The van der Waals surface area contributed by atoms with Crippen molar-refractivity contribution in [3.63, 3.8) is 0 Å². The molecule has 0 fully saturated rings. The second-order valence-corrected chi connectivity index (χ2v) is 8.66. The monoisotopic (exact) mass is 374 g/mol. The second kappa shape index (κ2) is 6.90. The number of aryl methyl sites for hydroxylation is 1. The van der Waals surface area contributed by atoms with Gasteiger partial charge in [-0.3, -0.25) is 0 Å². The summed E-state index contributed by atoms with van der Waals surface area (Å²) in [5.74, 6) is 0.0947. The third kappa shape index (κ3) is 3.27. The van der Waals surface area contributed by atoms with Gasteiger partial charge in [-0.05, 0) is 36.6 Å². The summed E-state index contributed by atoms with van der Waals surface area (Å²) in [6.45, 7) is 1.90. The fourth-order valence-electron chi connectivity index (χ4n) is 2.69. The van der Waals surface area contributed by atoms with Crippen molar-refractivity contribution in [1.82, 2.24) is 0 Å². The maximum atomic E-state index is 13.3. The molecule has 0 aliphatic rings. The standard InChI is InChI=1S/C19H18O4S2/c1-13-8-10-14(11-9-13)25(21,22)19(17-7-4-12-24-17)15-5-3-6-16(23-2)18(15)20/h3-12,19-20H,1-2H3. The third-order valence-electron chi connectivity index (χ3n) is 3.99. The van der Waals surface area contributed by atoms with Gasteiger partial charge in [0, 0.05) is 10.4 Å². The van der Waals surface area contributed by atoms with Gasteiger partial charge >= 0.3 is 0 Å². The lowest BCUT2D eigenvalue weighted by molar-refractivity contribution is 0.370. The molecule has 0 spiro atoms. The second-order valence-electron chi connectivity index (χ2n) is 5.65. The van der Waals surface area contributed by atoms with E-state index in [1.807, 2.05) is 12.3 Å². The van der Waals surface area contributed by atoms with E-state index in [-0.39, 0.29) is 16.4 Å². The molecular weight excluding hydrogens is 356 g/mol. The molecule has 130 valence electrons. The number of rotatable bonds is 5. The van der Waals surface area contributed by atoms with Crippen molar-refractivity contribution in [2.75, 3.05) is 7.11 Å². The van der Waals surface area contributed by atoms with Gasteiger partial charge in [-0.25, -0.2) is 8.42 Å². The molecule has 0 amide bonds. The van der Waals surface area contributed by atoms with E-state index in [9.17, 15) is 13.5 Å². The normalized spacial score (nSPS) is 12.7. The Morgan fingerprint density at radius 2 is 1.76 bits per heavy atom. The van der Waals surface area contributed by atoms with Crippen molar-refractivity contribution in [3.05, 3.63) is 76.0 Å². The molecule has 0 aliphatic heterocycles. The van der Waals surface area contributed by atoms with Gasteiger partial charge in [0.1, 0.15) is 5.25 Å². The Morgan fingerprint density at radius 1 is 1.04 bits per heavy atom. The zero-order valence-electron chi connectivity index (χ0n) is 13.8. The van der Waals surface area contributed by atoms with Crippen LogP contribution in [0.3, 0.4) is 0 Å². The quantitative estimate of drug-likeness (QED) is 0.722. The van der Waals surface area contributed by atoms with Crippen molar-refractivity contribution in [1.29, 1.82) is 0 Å². The summed E-state index contributed by atoms with van der Waals surface area (Å²) in [5, 5.41) is 11.4. The van der Waals surface area contributed by atoms with Crippen molar-refractivity contribution in [2.45, 2.75) is 17.1 Å². The van der Waals surface area contributed by atoms with Crippen LogP contribution in [0, 0.1) is 6.92 Å². The number of methoxy groups -OCH3 is 1. The average molecular weight is 374 g/mol. The van der Waals surface area contributed by atoms with Gasteiger partial charge in [-0.2, -0.15) is 0 Å². The van der Waals surface area contributed by atoms with Crippen LogP contribution >= 0.6 is 11.3 Å². The lowest BCUT2D eigenvalue weighted by Gasteiger charge is -2.19. The van der Waals surface area contributed by atoms with Crippen molar-refractivity contribution in [2.24, 2.45) is 0 Å². The predicted octanol–water partition coefficient (Wildman–Crippen LogP) is 4.33. The first-order valence-electron chi connectivity index (χ1n) is 7.65. The van der Waals surface area contributed by atoms with E-state index >= 15 is 0 Å². The van der Waals surface area contributed by atoms with Crippen LogP contribution in [0.25, 0.3) is 0 Å². The maximum Gasteiger partial charge on any atom is 0.190 e. The average Bonchev–Trinajstić information content (AvgIpc) is 3.11. The summed E-state index contributed by atoms with van der Waals surface area (Å²) in [7, 11) is -2.31. The van der Waals surface area contributed by atoms with Crippen molar-refractivity contribution < 1.29 is 18.3 Å². The van der Waals surface area contributed by atoms with E-state index in [2.05, 4.69) is 0 Å². The van der Waals surface area contributed by atoms with Crippen LogP contribution in [-0.2, 0) is 9.84 Å². The highest BCUT2D eigenvalue weighted by molar-refractivity contribution is 7.92. The molecule has 0 saturated heterocycles. The van der Waals surface area contributed by atoms with Gasteiger partial charge in [0.05, 0.1) is 12.0 Å². The largest absolute Gasteiger partial charge is 0.504 e. The smallest absolute Gasteiger partial charge is 0.190 e. The predicted molar refractivity (Wildman–Crippen MR) is 99.2 cm³/mol. The molecule has 4 nitrogen and oxygen atoms in total.